The largest absolute Gasteiger partial charge is 0.353 e. The third-order valence-corrected chi connectivity index (χ3v) is 6.53. The first-order valence-electron chi connectivity index (χ1n) is 10.6. The summed E-state index contributed by atoms with van der Waals surface area (Å²) in [4.78, 5) is 27.8. The molecule has 32 heavy (non-hydrogen) atoms. The van der Waals surface area contributed by atoms with Crippen molar-refractivity contribution < 1.29 is 0 Å². The van der Waals surface area contributed by atoms with Crippen molar-refractivity contribution in [3.8, 4) is 17.3 Å². The summed E-state index contributed by atoms with van der Waals surface area (Å²) in [5, 5.41) is 12.3. The lowest BCUT2D eigenvalue weighted by atomic mass is 10.1. The van der Waals surface area contributed by atoms with Crippen LogP contribution in [0, 0.1) is 11.3 Å². The maximum absolute atomic E-state index is 11.3. The minimum Gasteiger partial charge on any atom is -0.353 e. The Bertz CT molecular complexity index is 1330. The Morgan fingerprint density at radius 3 is 2.66 bits per heavy atom. The van der Waals surface area contributed by atoms with Crippen LogP contribution >= 0.6 is 11.3 Å². The molecule has 0 radical (unpaired) electrons. The molecule has 1 aliphatic heterocycles. The minimum atomic E-state index is -0.0275. The average molecular weight is 443 g/mol. The minimum absolute atomic E-state index is 0.0275. The molecule has 3 aromatic heterocycles. The molecular weight excluding hydrogens is 420 g/mol. The van der Waals surface area contributed by atoms with E-state index < -0.39 is 0 Å². The van der Waals surface area contributed by atoms with Gasteiger partial charge in [0.05, 0.1) is 11.3 Å². The number of hydrogen-bond acceptors (Lipinski definition) is 7. The number of nitrogens with one attached hydrogen (secondary N) is 1. The van der Waals surface area contributed by atoms with Crippen LogP contribution in [0.25, 0.3) is 22.3 Å². The Morgan fingerprint density at radius 1 is 1.12 bits per heavy atom. The molecule has 1 aliphatic rings. The third kappa shape index (κ3) is 4.26. The molecule has 1 saturated heterocycles. The van der Waals surface area contributed by atoms with Crippen molar-refractivity contribution in [2.75, 3.05) is 37.6 Å². The van der Waals surface area contributed by atoms with Gasteiger partial charge in [-0.1, -0.05) is 35.6 Å². The number of nitriles is 1. The molecule has 0 amide bonds. The fourth-order valence-corrected chi connectivity index (χ4v) is 4.65. The van der Waals surface area contributed by atoms with Crippen LogP contribution in [-0.4, -0.2) is 52.6 Å². The first-order valence-corrected chi connectivity index (χ1v) is 11.5. The second-order valence-corrected chi connectivity index (χ2v) is 8.70. The molecule has 0 spiro atoms. The van der Waals surface area contributed by atoms with E-state index in [4.69, 9.17) is 0 Å². The molecule has 4 aromatic rings. The molecule has 0 unspecified atom stereocenters. The number of piperazine rings is 1. The molecule has 0 aliphatic carbocycles. The monoisotopic (exact) mass is 442 g/mol. The van der Waals surface area contributed by atoms with Crippen LogP contribution in [0.15, 0.2) is 58.8 Å². The van der Waals surface area contributed by atoms with Crippen LogP contribution in [0.2, 0.25) is 0 Å². The van der Waals surface area contributed by atoms with E-state index in [1.807, 2.05) is 23.6 Å². The van der Waals surface area contributed by atoms with E-state index in [-0.39, 0.29) is 4.87 Å². The normalized spacial score (nSPS) is 14.5. The van der Waals surface area contributed by atoms with Crippen molar-refractivity contribution in [3.63, 3.8) is 0 Å². The van der Waals surface area contributed by atoms with E-state index in [9.17, 15) is 10.1 Å². The van der Waals surface area contributed by atoms with Crippen LogP contribution < -0.4 is 9.77 Å². The molecule has 8 heteroatoms. The van der Waals surface area contributed by atoms with E-state index in [1.165, 1.54) is 16.9 Å². The highest BCUT2D eigenvalue weighted by molar-refractivity contribution is 7.07. The maximum atomic E-state index is 11.3. The van der Waals surface area contributed by atoms with Gasteiger partial charge in [0.15, 0.2) is 5.65 Å². The van der Waals surface area contributed by atoms with E-state index >= 15 is 0 Å². The molecule has 0 saturated carbocycles. The third-order valence-electron chi connectivity index (χ3n) is 5.86. The van der Waals surface area contributed by atoms with Crippen molar-refractivity contribution in [1.29, 1.82) is 5.26 Å². The quantitative estimate of drug-likeness (QED) is 0.510. The fraction of sp³-hybridized carbons (Fsp3) is 0.250. The first-order chi connectivity index (χ1) is 15.7. The summed E-state index contributed by atoms with van der Waals surface area (Å²) in [6, 6.07) is 16.4. The number of anilines is 1. The molecule has 1 aromatic carbocycles. The smallest absolute Gasteiger partial charge is 0.304 e. The van der Waals surface area contributed by atoms with Crippen LogP contribution in [-0.2, 0) is 6.42 Å². The zero-order valence-electron chi connectivity index (χ0n) is 17.5. The van der Waals surface area contributed by atoms with Crippen LogP contribution in [0.3, 0.4) is 0 Å². The SMILES string of the molecule is N#Cc1cc2cccnc2nc1N1CCN(CCc2ccc(-c3csc(=O)[nH]3)cc2)CC1. The van der Waals surface area contributed by atoms with Gasteiger partial charge in [0.2, 0.25) is 0 Å². The van der Waals surface area contributed by atoms with Gasteiger partial charge in [0.25, 0.3) is 0 Å². The highest BCUT2D eigenvalue weighted by Crippen LogP contribution is 2.23. The van der Waals surface area contributed by atoms with Gasteiger partial charge < -0.3 is 9.88 Å². The Morgan fingerprint density at radius 2 is 1.94 bits per heavy atom. The van der Waals surface area contributed by atoms with Crippen molar-refractivity contribution >= 4 is 28.2 Å². The highest BCUT2D eigenvalue weighted by Gasteiger charge is 2.21. The van der Waals surface area contributed by atoms with Gasteiger partial charge in [-0.15, -0.1) is 0 Å². The van der Waals surface area contributed by atoms with E-state index in [1.54, 1.807) is 6.20 Å². The van der Waals surface area contributed by atoms with Crippen LogP contribution in [0.5, 0.6) is 0 Å². The van der Waals surface area contributed by atoms with Crippen molar-refractivity contribution in [1.82, 2.24) is 19.9 Å². The number of aromatic nitrogens is 3. The molecule has 1 N–H and O–H groups in total. The molecule has 7 nitrogen and oxygen atoms in total. The predicted octanol–water partition coefficient (Wildman–Crippen LogP) is 3.28. The number of rotatable bonds is 5. The van der Waals surface area contributed by atoms with Crippen LogP contribution in [0.1, 0.15) is 11.1 Å². The Labute approximate surface area is 189 Å². The summed E-state index contributed by atoms with van der Waals surface area (Å²) in [5.41, 5.74) is 4.47. The Hall–Kier alpha value is -3.54. The lowest BCUT2D eigenvalue weighted by Gasteiger charge is -2.35. The predicted molar refractivity (Wildman–Crippen MR) is 127 cm³/mol. The lowest BCUT2D eigenvalue weighted by molar-refractivity contribution is 0.260. The van der Waals surface area contributed by atoms with E-state index in [2.05, 4.69) is 55.1 Å². The number of pyridine rings is 2. The summed E-state index contributed by atoms with van der Waals surface area (Å²) in [6.45, 7) is 4.53. The maximum Gasteiger partial charge on any atom is 0.304 e. The molecule has 4 heterocycles. The molecule has 160 valence electrons. The van der Waals surface area contributed by atoms with E-state index in [0.717, 1.165) is 61.6 Å². The summed E-state index contributed by atoms with van der Waals surface area (Å²) in [6.07, 6.45) is 2.71. The van der Waals surface area contributed by atoms with Crippen molar-refractivity contribution in [3.05, 3.63) is 74.8 Å². The summed E-state index contributed by atoms with van der Waals surface area (Å²) in [5.74, 6) is 0.736. The summed E-state index contributed by atoms with van der Waals surface area (Å²) >= 11 is 1.19. The molecule has 0 bridgehead atoms. The van der Waals surface area contributed by atoms with E-state index in [0.29, 0.717) is 11.2 Å². The summed E-state index contributed by atoms with van der Waals surface area (Å²) < 4.78 is 0. The van der Waals surface area contributed by atoms with Gasteiger partial charge in [-0.2, -0.15) is 5.26 Å². The molecule has 5 rings (SSSR count). The fourth-order valence-electron chi connectivity index (χ4n) is 4.06. The molecule has 0 atom stereocenters. The zero-order chi connectivity index (χ0) is 21.9. The Balaban J connectivity index is 1.19. The second-order valence-electron chi connectivity index (χ2n) is 7.86. The molecular formula is C24H22N6OS. The zero-order valence-corrected chi connectivity index (χ0v) is 18.3. The lowest BCUT2D eigenvalue weighted by Crippen LogP contribution is -2.47. The number of H-pyrrole nitrogens is 1. The first kappa shape index (κ1) is 20.4. The average Bonchev–Trinajstić information content (AvgIpc) is 3.29. The number of nitrogens with zero attached hydrogens (tertiary/aromatic N) is 5. The number of benzene rings is 1. The van der Waals surface area contributed by atoms with Crippen molar-refractivity contribution in [2.45, 2.75) is 6.42 Å². The topological polar surface area (TPSA) is 88.9 Å². The highest BCUT2D eigenvalue weighted by atomic mass is 32.1. The number of fused-ring (bicyclic) bond motifs is 1. The van der Waals surface area contributed by atoms with Gasteiger partial charge in [-0.3, -0.25) is 9.69 Å². The van der Waals surface area contributed by atoms with Crippen LogP contribution in [0.4, 0.5) is 5.82 Å². The van der Waals surface area contributed by atoms with Gasteiger partial charge in [0.1, 0.15) is 11.9 Å². The summed E-state index contributed by atoms with van der Waals surface area (Å²) in [7, 11) is 0. The molecule has 1 fully saturated rings. The van der Waals surface area contributed by atoms with Gasteiger partial charge in [-0.25, -0.2) is 9.97 Å². The van der Waals surface area contributed by atoms with Crippen molar-refractivity contribution in [2.24, 2.45) is 0 Å². The standard InChI is InChI=1S/C24H22N6OS/c25-15-20-14-19-2-1-8-26-22(19)28-23(20)30-12-10-29(11-13-30)9-7-17-3-5-18(6-4-17)21-16-32-24(31)27-21/h1-6,8,14,16H,7,9-13H2,(H,27,31). The number of hydrogen-bond donors (Lipinski definition) is 1. The number of thiazole rings is 1. The van der Waals surface area contributed by atoms with Gasteiger partial charge in [-0.05, 0) is 35.7 Å². The van der Waals surface area contributed by atoms with Gasteiger partial charge in [0, 0.05) is 49.7 Å². The van der Waals surface area contributed by atoms with Gasteiger partial charge >= 0.3 is 4.87 Å². The Kier molecular flexibility index (Phi) is 5.67. The number of aromatic amines is 1. The second kappa shape index (κ2) is 8.91.